The smallest absolute Gasteiger partial charge is 0.172 e. The van der Waals surface area contributed by atoms with Crippen LogP contribution in [0, 0.1) is 6.92 Å². The first-order valence-corrected chi connectivity index (χ1v) is 6.72. The molecular formula is C18H20O2. The Balaban J connectivity index is 2.38. The lowest BCUT2D eigenvalue weighted by atomic mass is 9.78. The van der Waals surface area contributed by atoms with Crippen molar-refractivity contribution in [1.29, 1.82) is 0 Å². The van der Waals surface area contributed by atoms with Gasteiger partial charge in [0.25, 0.3) is 0 Å². The van der Waals surface area contributed by atoms with Gasteiger partial charge in [-0.05, 0) is 50.1 Å². The maximum atomic E-state index is 12.8. The van der Waals surface area contributed by atoms with Crippen LogP contribution in [0.15, 0.2) is 48.5 Å². The van der Waals surface area contributed by atoms with Crippen LogP contribution < -0.4 is 4.74 Å². The number of hydrogen-bond donors (Lipinski definition) is 0. The minimum Gasteiger partial charge on any atom is -0.496 e. The van der Waals surface area contributed by atoms with E-state index in [9.17, 15) is 4.79 Å². The number of Topliss-reactive ketones (excluding diaryl/α,β-unsaturated/α-hetero) is 1. The SMILES string of the molecule is COc1ccc(C(=O)C(C)(C)c2ccccc2)cc1C. The molecule has 0 N–H and O–H groups in total. The summed E-state index contributed by atoms with van der Waals surface area (Å²) in [4.78, 5) is 12.8. The first-order valence-electron chi connectivity index (χ1n) is 6.72. The van der Waals surface area contributed by atoms with E-state index in [1.54, 1.807) is 7.11 Å². The van der Waals surface area contributed by atoms with Crippen molar-refractivity contribution in [2.24, 2.45) is 0 Å². The molecule has 0 unspecified atom stereocenters. The van der Waals surface area contributed by atoms with Gasteiger partial charge in [-0.25, -0.2) is 0 Å². The van der Waals surface area contributed by atoms with Gasteiger partial charge >= 0.3 is 0 Å². The van der Waals surface area contributed by atoms with Crippen molar-refractivity contribution in [2.45, 2.75) is 26.2 Å². The molecule has 2 aromatic rings. The zero-order chi connectivity index (χ0) is 14.8. The Morgan fingerprint density at radius 3 is 2.25 bits per heavy atom. The van der Waals surface area contributed by atoms with Gasteiger partial charge in [-0.15, -0.1) is 0 Å². The molecule has 2 rings (SSSR count). The zero-order valence-electron chi connectivity index (χ0n) is 12.4. The Bertz CT molecular complexity index is 613. The fourth-order valence-electron chi connectivity index (χ4n) is 2.37. The number of hydrogen-bond acceptors (Lipinski definition) is 2. The molecule has 2 aromatic carbocycles. The highest BCUT2D eigenvalue weighted by Gasteiger charge is 2.30. The van der Waals surface area contributed by atoms with Gasteiger partial charge in [-0.1, -0.05) is 30.3 Å². The van der Waals surface area contributed by atoms with Crippen molar-refractivity contribution in [3.63, 3.8) is 0 Å². The van der Waals surface area contributed by atoms with E-state index < -0.39 is 5.41 Å². The van der Waals surface area contributed by atoms with E-state index in [-0.39, 0.29) is 5.78 Å². The van der Waals surface area contributed by atoms with E-state index in [1.807, 2.05) is 69.3 Å². The maximum absolute atomic E-state index is 12.8. The zero-order valence-corrected chi connectivity index (χ0v) is 12.4. The second-order valence-electron chi connectivity index (χ2n) is 5.50. The third-order valence-electron chi connectivity index (χ3n) is 3.72. The number of ether oxygens (including phenoxy) is 1. The van der Waals surface area contributed by atoms with Gasteiger partial charge in [0.05, 0.1) is 12.5 Å². The summed E-state index contributed by atoms with van der Waals surface area (Å²) in [5, 5.41) is 0. The first kappa shape index (κ1) is 14.3. The molecule has 0 bridgehead atoms. The Kier molecular flexibility index (Phi) is 3.93. The number of ketones is 1. The molecule has 104 valence electrons. The lowest BCUT2D eigenvalue weighted by Gasteiger charge is -2.24. The van der Waals surface area contributed by atoms with Gasteiger partial charge in [0.15, 0.2) is 5.78 Å². The number of carbonyl (C=O) groups excluding carboxylic acids is 1. The van der Waals surface area contributed by atoms with Gasteiger partial charge < -0.3 is 4.74 Å². The predicted molar refractivity (Wildman–Crippen MR) is 81.5 cm³/mol. The summed E-state index contributed by atoms with van der Waals surface area (Å²) in [6.07, 6.45) is 0. The van der Waals surface area contributed by atoms with E-state index >= 15 is 0 Å². The summed E-state index contributed by atoms with van der Waals surface area (Å²) in [5.74, 6) is 0.925. The topological polar surface area (TPSA) is 26.3 Å². The highest BCUT2D eigenvalue weighted by molar-refractivity contribution is 6.03. The molecule has 0 amide bonds. The van der Waals surface area contributed by atoms with Crippen molar-refractivity contribution in [3.8, 4) is 5.75 Å². The summed E-state index contributed by atoms with van der Waals surface area (Å²) >= 11 is 0. The van der Waals surface area contributed by atoms with Crippen molar-refractivity contribution < 1.29 is 9.53 Å². The Morgan fingerprint density at radius 2 is 1.70 bits per heavy atom. The predicted octanol–water partition coefficient (Wildman–Crippen LogP) is 4.16. The molecule has 0 heterocycles. The van der Waals surface area contributed by atoms with Crippen molar-refractivity contribution in [1.82, 2.24) is 0 Å². The Hall–Kier alpha value is -2.09. The molecule has 0 fully saturated rings. The summed E-state index contributed by atoms with van der Waals surface area (Å²) in [5.41, 5.74) is 2.18. The molecule has 0 aliphatic carbocycles. The summed E-state index contributed by atoms with van der Waals surface area (Å²) < 4.78 is 5.24. The van der Waals surface area contributed by atoms with Gasteiger partial charge in [0, 0.05) is 5.56 Å². The van der Waals surface area contributed by atoms with Crippen LogP contribution in [0.2, 0.25) is 0 Å². The van der Waals surface area contributed by atoms with Crippen LogP contribution in [0.4, 0.5) is 0 Å². The molecule has 2 nitrogen and oxygen atoms in total. The second-order valence-corrected chi connectivity index (χ2v) is 5.50. The molecule has 0 saturated heterocycles. The molecule has 0 spiro atoms. The minimum absolute atomic E-state index is 0.120. The lowest BCUT2D eigenvalue weighted by Crippen LogP contribution is -2.29. The third-order valence-corrected chi connectivity index (χ3v) is 3.72. The molecule has 0 aliphatic heterocycles. The summed E-state index contributed by atoms with van der Waals surface area (Å²) in [6, 6.07) is 15.5. The minimum atomic E-state index is -0.539. The Morgan fingerprint density at radius 1 is 1.05 bits per heavy atom. The maximum Gasteiger partial charge on any atom is 0.172 e. The van der Waals surface area contributed by atoms with Crippen LogP contribution in [-0.4, -0.2) is 12.9 Å². The number of aryl methyl sites for hydroxylation is 1. The fraction of sp³-hybridized carbons (Fsp3) is 0.278. The quantitative estimate of drug-likeness (QED) is 0.778. The second kappa shape index (κ2) is 5.49. The van der Waals surface area contributed by atoms with Gasteiger partial charge in [-0.2, -0.15) is 0 Å². The lowest BCUT2D eigenvalue weighted by molar-refractivity contribution is 0.0908. The summed E-state index contributed by atoms with van der Waals surface area (Å²) in [7, 11) is 1.64. The standard InChI is InChI=1S/C18H20O2/c1-13-12-14(10-11-16(13)20-4)17(19)18(2,3)15-8-6-5-7-9-15/h5-12H,1-4H3. The Labute approximate surface area is 120 Å². The third kappa shape index (κ3) is 2.60. The van der Waals surface area contributed by atoms with Crippen molar-refractivity contribution in [2.75, 3.05) is 7.11 Å². The van der Waals surface area contributed by atoms with Crippen LogP contribution in [-0.2, 0) is 5.41 Å². The van der Waals surface area contributed by atoms with Crippen LogP contribution in [0.3, 0.4) is 0 Å². The molecule has 0 aromatic heterocycles. The largest absolute Gasteiger partial charge is 0.496 e. The molecule has 0 aliphatic rings. The van der Waals surface area contributed by atoms with E-state index in [0.29, 0.717) is 0 Å². The van der Waals surface area contributed by atoms with Crippen LogP contribution in [0.1, 0.15) is 35.3 Å². The van der Waals surface area contributed by atoms with E-state index in [0.717, 1.165) is 22.4 Å². The first-order chi connectivity index (χ1) is 9.46. The average Bonchev–Trinajstić information content (AvgIpc) is 2.47. The fourth-order valence-corrected chi connectivity index (χ4v) is 2.37. The van der Waals surface area contributed by atoms with Crippen molar-refractivity contribution in [3.05, 3.63) is 65.2 Å². The highest BCUT2D eigenvalue weighted by Crippen LogP contribution is 2.29. The normalized spacial score (nSPS) is 11.2. The molecule has 0 atom stereocenters. The number of benzene rings is 2. The number of rotatable bonds is 4. The van der Waals surface area contributed by atoms with Crippen LogP contribution in [0.5, 0.6) is 5.75 Å². The monoisotopic (exact) mass is 268 g/mol. The van der Waals surface area contributed by atoms with Crippen LogP contribution in [0.25, 0.3) is 0 Å². The van der Waals surface area contributed by atoms with E-state index in [1.165, 1.54) is 0 Å². The van der Waals surface area contributed by atoms with Gasteiger partial charge in [0.1, 0.15) is 5.75 Å². The van der Waals surface area contributed by atoms with E-state index in [2.05, 4.69) is 0 Å². The number of methoxy groups -OCH3 is 1. The molecule has 20 heavy (non-hydrogen) atoms. The molecular weight excluding hydrogens is 248 g/mol. The van der Waals surface area contributed by atoms with Gasteiger partial charge in [0.2, 0.25) is 0 Å². The summed E-state index contributed by atoms with van der Waals surface area (Å²) in [6.45, 7) is 5.87. The average molecular weight is 268 g/mol. The van der Waals surface area contributed by atoms with Crippen molar-refractivity contribution >= 4 is 5.78 Å². The van der Waals surface area contributed by atoms with Gasteiger partial charge in [-0.3, -0.25) is 4.79 Å². The molecule has 2 heteroatoms. The van der Waals surface area contributed by atoms with E-state index in [4.69, 9.17) is 4.74 Å². The number of carbonyl (C=O) groups is 1. The molecule has 0 radical (unpaired) electrons. The molecule has 0 saturated carbocycles. The highest BCUT2D eigenvalue weighted by atomic mass is 16.5. The van der Waals surface area contributed by atoms with Crippen LogP contribution >= 0.6 is 0 Å².